The number of hydrogen-bond acceptors (Lipinski definition) is 9. The predicted octanol–water partition coefficient (Wildman–Crippen LogP) is -3.31. The van der Waals surface area contributed by atoms with Crippen LogP contribution in [-0.4, -0.2) is 99.9 Å². The minimum Gasteiger partial charge on any atom is -0.394 e. The lowest BCUT2D eigenvalue weighted by molar-refractivity contribution is -0.273. The van der Waals surface area contributed by atoms with E-state index >= 15 is 0 Å². The molecule has 0 bridgehead atoms. The maximum atomic E-state index is 10.3. The van der Waals surface area contributed by atoms with Gasteiger partial charge in [-0.15, -0.1) is 0 Å². The number of aliphatic hydroxyl groups excluding tert-OH is 6. The minimum absolute atomic E-state index is 0.354. The lowest BCUT2D eigenvalue weighted by Crippen LogP contribution is -2.67. The van der Waals surface area contributed by atoms with E-state index < -0.39 is 61.4 Å². The first-order chi connectivity index (χ1) is 11.3. The number of nitrogens with one attached hydrogen (secondary N) is 1. The van der Waals surface area contributed by atoms with Crippen molar-refractivity contribution in [2.75, 3.05) is 20.3 Å². The van der Waals surface area contributed by atoms with E-state index in [4.69, 9.17) is 9.47 Å². The van der Waals surface area contributed by atoms with Crippen molar-refractivity contribution in [3.8, 4) is 0 Å². The van der Waals surface area contributed by atoms with Crippen LogP contribution in [0, 0.1) is 5.92 Å². The molecule has 140 valence electrons. The molecule has 9 nitrogen and oxygen atoms in total. The Hall–Kier alpha value is -0.620. The van der Waals surface area contributed by atoms with E-state index in [9.17, 15) is 30.6 Å². The van der Waals surface area contributed by atoms with Gasteiger partial charge in [-0.2, -0.15) is 0 Å². The van der Waals surface area contributed by atoms with Crippen LogP contribution >= 0.6 is 0 Å². The van der Waals surface area contributed by atoms with E-state index in [1.165, 1.54) is 13.2 Å². The highest BCUT2D eigenvalue weighted by Gasteiger charge is 2.46. The Balaban J connectivity index is 2.19. The molecule has 0 saturated carbocycles. The largest absolute Gasteiger partial charge is 0.394 e. The second-order valence-corrected chi connectivity index (χ2v) is 6.35. The smallest absolute Gasteiger partial charge is 0.186 e. The van der Waals surface area contributed by atoms with E-state index in [2.05, 4.69) is 5.32 Å². The molecule has 0 aromatic carbocycles. The van der Waals surface area contributed by atoms with Gasteiger partial charge in [0.2, 0.25) is 0 Å². The van der Waals surface area contributed by atoms with Crippen molar-refractivity contribution in [2.24, 2.45) is 5.92 Å². The molecular weight excluding hydrogens is 322 g/mol. The summed E-state index contributed by atoms with van der Waals surface area (Å²) in [5.41, 5.74) is 0.354. The number of rotatable bonds is 5. The van der Waals surface area contributed by atoms with Crippen LogP contribution in [0.2, 0.25) is 0 Å². The molecular formula is C15H27NO8. The van der Waals surface area contributed by atoms with Crippen molar-refractivity contribution < 1.29 is 40.1 Å². The molecule has 24 heavy (non-hydrogen) atoms. The van der Waals surface area contributed by atoms with Crippen molar-refractivity contribution in [1.82, 2.24) is 5.32 Å². The zero-order valence-corrected chi connectivity index (χ0v) is 13.7. The highest BCUT2D eigenvalue weighted by molar-refractivity contribution is 5.21. The van der Waals surface area contributed by atoms with E-state index in [0.29, 0.717) is 5.57 Å². The number of hydrogen-bond donors (Lipinski definition) is 7. The average Bonchev–Trinajstić information content (AvgIpc) is 2.59. The third-order valence-electron chi connectivity index (χ3n) is 4.86. The molecule has 0 spiro atoms. The van der Waals surface area contributed by atoms with Gasteiger partial charge in [0.1, 0.15) is 18.3 Å². The van der Waals surface area contributed by atoms with E-state index in [1.54, 1.807) is 6.92 Å². The van der Waals surface area contributed by atoms with Crippen LogP contribution in [0.25, 0.3) is 0 Å². The van der Waals surface area contributed by atoms with E-state index in [0.717, 1.165) is 0 Å². The van der Waals surface area contributed by atoms with Gasteiger partial charge in [-0.25, -0.2) is 0 Å². The quantitative estimate of drug-likeness (QED) is 0.253. The summed E-state index contributed by atoms with van der Waals surface area (Å²) < 4.78 is 10.3. The van der Waals surface area contributed by atoms with Crippen LogP contribution < -0.4 is 5.32 Å². The Morgan fingerprint density at radius 3 is 2.33 bits per heavy atom. The van der Waals surface area contributed by atoms with Crippen molar-refractivity contribution in [1.29, 1.82) is 0 Å². The van der Waals surface area contributed by atoms with E-state index in [-0.39, 0.29) is 6.61 Å². The van der Waals surface area contributed by atoms with Gasteiger partial charge >= 0.3 is 0 Å². The van der Waals surface area contributed by atoms with Gasteiger partial charge in [-0.05, 0) is 5.57 Å². The molecule has 0 radical (unpaired) electrons. The van der Waals surface area contributed by atoms with Crippen LogP contribution in [-0.2, 0) is 9.47 Å². The second-order valence-electron chi connectivity index (χ2n) is 6.35. The fourth-order valence-corrected chi connectivity index (χ4v) is 3.28. The molecule has 2 aliphatic rings. The van der Waals surface area contributed by atoms with Crippen LogP contribution in [0.4, 0.5) is 0 Å². The van der Waals surface area contributed by atoms with Crippen LogP contribution in [0.15, 0.2) is 11.6 Å². The van der Waals surface area contributed by atoms with Crippen LogP contribution in [0.5, 0.6) is 0 Å². The molecule has 0 aromatic heterocycles. The molecule has 1 heterocycles. The van der Waals surface area contributed by atoms with Crippen molar-refractivity contribution in [3.05, 3.63) is 11.6 Å². The summed E-state index contributed by atoms with van der Waals surface area (Å²) in [5.74, 6) is -0.541. The Labute approximate surface area is 140 Å². The molecule has 0 aromatic rings. The lowest BCUT2D eigenvalue weighted by atomic mass is 9.81. The van der Waals surface area contributed by atoms with Gasteiger partial charge in [0.05, 0.1) is 37.5 Å². The summed E-state index contributed by atoms with van der Waals surface area (Å²) in [7, 11) is 1.31. The molecule has 9 heteroatoms. The third kappa shape index (κ3) is 3.64. The topological polar surface area (TPSA) is 152 Å². The molecule has 1 aliphatic heterocycles. The maximum Gasteiger partial charge on any atom is 0.186 e. The molecule has 5 unspecified atom stereocenters. The standard InChI is InChI=1S/C15H27NO8/c1-6-11(19)7(4-17)3-8(12(6)20)16-10-9(5-18)24-15(23-2)14(22)13(10)21/h3,6,8-22H,4-5H2,1-2H3/t6?,8?,9-,10?,11+,12-,13+,14?,15?/m1/s1. The predicted molar refractivity (Wildman–Crippen MR) is 81.8 cm³/mol. The summed E-state index contributed by atoms with van der Waals surface area (Å²) in [5, 5.41) is 62.5. The zero-order chi connectivity index (χ0) is 18.0. The van der Waals surface area contributed by atoms with Crippen molar-refractivity contribution in [2.45, 2.75) is 55.8 Å². The van der Waals surface area contributed by atoms with Crippen LogP contribution in [0.1, 0.15) is 6.92 Å². The van der Waals surface area contributed by atoms with Crippen molar-refractivity contribution >= 4 is 0 Å². The molecule has 7 N–H and O–H groups in total. The Bertz CT molecular complexity index is 445. The summed E-state index contributed by atoms with van der Waals surface area (Å²) in [6, 6.07) is -1.58. The summed E-state index contributed by atoms with van der Waals surface area (Å²) in [4.78, 5) is 0. The highest BCUT2D eigenvalue weighted by Crippen LogP contribution is 2.28. The molecule has 1 fully saturated rings. The Morgan fingerprint density at radius 2 is 1.79 bits per heavy atom. The first-order valence-electron chi connectivity index (χ1n) is 7.94. The normalized spacial score (nSPS) is 46.7. The Morgan fingerprint density at radius 1 is 1.12 bits per heavy atom. The third-order valence-corrected chi connectivity index (χ3v) is 4.86. The van der Waals surface area contributed by atoms with Gasteiger partial charge in [0, 0.05) is 13.0 Å². The maximum absolute atomic E-state index is 10.3. The zero-order valence-electron chi connectivity index (χ0n) is 13.7. The number of methoxy groups -OCH3 is 1. The fourth-order valence-electron chi connectivity index (χ4n) is 3.28. The second kappa shape index (κ2) is 8.17. The average molecular weight is 349 g/mol. The molecule has 1 aliphatic carbocycles. The Kier molecular flexibility index (Phi) is 6.71. The van der Waals surface area contributed by atoms with Gasteiger partial charge in [-0.3, -0.25) is 0 Å². The molecule has 1 saturated heterocycles. The fraction of sp³-hybridized carbons (Fsp3) is 0.867. The van der Waals surface area contributed by atoms with Crippen molar-refractivity contribution in [3.63, 3.8) is 0 Å². The molecule has 0 amide bonds. The molecule has 2 rings (SSSR count). The highest BCUT2D eigenvalue weighted by atomic mass is 16.7. The SMILES string of the molecule is COC1O[C@H](CO)C(NC2C=C(CO)[C@@H](O)C(C)[C@H]2O)[C@H](O)C1O. The lowest BCUT2D eigenvalue weighted by Gasteiger charge is -2.45. The monoisotopic (exact) mass is 349 g/mol. The summed E-state index contributed by atoms with van der Waals surface area (Å²) in [6.07, 6.45) is -5.04. The van der Waals surface area contributed by atoms with Gasteiger partial charge in [0.15, 0.2) is 6.29 Å². The first-order valence-corrected chi connectivity index (χ1v) is 7.94. The van der Waals surface area contributed by atoms with E-state index in [1.807, 2.05) is 0 Å². The van der Waals surface area contributed by atoms with Crippen LogP contribution in [0.3, 0.4) is 0 Å². The summed E-state index contributed by atoms with van der Waals surface area (Å²) in [6.45, 7) is 0.844. The number of aliphatic hydroxyl groups is 6. The minimum atomic E-state index is -1.33. The first kappa shape index (κ1) is 19.7. The van der Waals surface area contributed by atoms with Gasteiger partial charge < -0.3 is 45.4 Å². The summed E-state index contributed by atoms with van der Waals surface area (Å²) >= 11 is 0. The number of ether oxygens (including phenoxy) is 2. The molecule has 9 atom stereocenters. The van der Waals surface area contributed by atoms with Gasteiger partial charge in [-0.1, -0.05) is 13.0 Å². The van der Waals surface area contributed by atoms with Gasteiger partial charge in [0.25, 0.3) is 0 Å².